The van der Waals surface area contributed by atoms with Crippen LogP contribution in [-0.4, -0.2) is 49.3 Å². The molecule has 0 bridgehead atoms. The summed E-state index contributed by atoms with van der Waals surface area (Å²) in [5.41, 5.74) is 2.75. The van der Waals surface area contributed by atoms with Crippen molar-refractivity contribution >= 4 is 5.69 Å². The molecule has 1 aromatic rings. The molecule has 0 amide bonds. The largest absolute Gasteiger partial charge is 0.395 e. The SMILES string of the molecule is CC(C)c1cccc(N2CCN(CCO)CC2)c1. The number of hydrogen-bond donors (Lipinski definition) is 1. The second kappa shape index (κ2) is 6.21. The quantitative estimate of drug-likeness (QED) is 0.882. The first-order valence-corrected chi connectivity index (χ1v) is 6.89. The van der Waals surface area contributed by atoms with Crippen LogP contribution in [0.15, 0.2) is 24.3 Å². The molecule has 0 saturated carbocycles. The van der Waals surface area contributed by atoms with E-state index in [1.807, 2.05) is 0 Å². The van der Waals surface area contributed by atoms with E-state index in [9.17, 15) is 0 Å². The lowest BCUT2D eigenvalue weighted by Crippen LogP contribution is -2.47. The predicted molar refractivity (Wildman–Crippen MR) is 76.3 cm³/mol. The number of aliphatic hydroxyl groups is 1. The van der Waals surface area contributed by atoms with Crippen LogP contribution >= 0.6 is 0 Å². The Bertz CT molecular complexity index is 371. The fourth-order valence-corrected chi connectivity index (χ4v) is 2.45. The van der Waals surface area contributed by atoms with E-state index in [1.165, 1.54) is 11.3 Å². The van der Waals surface area contributed by atoms with E-state index in [0.29, 0.717) is 5.92 Å². The van der Waals surface area contributed by atoms with Crippen molar-refractivity contribution in [2.75, 3.05) is 44.2 Å². The van der Waals surface area contributed by atoms with Gasteiger partial charge in [-0.15, -0.1) is 0 Å². The molecule has 1 aliphatic heterocycles. The van der Waals surface area contributed by atoms with Gasteiger partial charge in [-0.3, -0.25) is 4.90 Å². The fourth-order valence-electron chi connectivity index (χ4n) is 2.45. The highest BCUT2D eigenvalue weighted by Crippen LogP contribution is 2.22. The standard InChI is InChI=1S/C15H24N2O/c1-13(2)14-4-3-5-15(12-14)17-8-6-16(7-9-17)10-11-18/h3-5,12-13,18H,6-11H2,1-2H3. The first-order valence-electron chi connectivity index (χ1n) is 6.89. The van der Waals surface area contributed by atoms with Gasteiger partial charge in [-0.2, -0.15) is 0 Å². The van der Waals surface area contributed by atoms with Gasteiger partial charge in [-0.05, 0) is 23.6 Å². The maximum Gasteiger partial charge on any atom is 0.0558 e. The monoisotopic (exact) mass is 248 g/mol. The lowest BCUT2D eigenvalue weighted by Gasteiger charge is -2.36. The predicted octanol–water partition coefficient (Wildman–Crippen LogP) is 1.92. The molecule has 1 N–H and O–H groups in total. The minimum absolute atomic E-state index is 0.267. The van der Waals surface area contributed by atoms with Crippen LogP contribution in [0.1, 0.15) is 25.3 Å². The van der Waals surface area contributed by atoms with Crippen LogP contribution in [0.25, 0.3) is 0 Å². The van der Waals surface area contributed by atoms with Gasteiger partial charge < -0.3 is 10.0 Å². The molecule has 0 aliphatic carbocycles. The van der Waals surface area contributed by atoms with Crippen LogP contribution < -0.4 is 4.90 Å². The number of aliphatic hydroxyl groups excluding tert-OH is 1. The lowest BCUT2D eigenvalue weighted by molar-refractivity contribution is 0.189. The van der Waals surface area contributed by atoms with Crippen LogP contribution in [0.5, 0.6) is 0 Å². The van der Waals surface area contributed by atoms with E-state index in [2.05, 4.69) is 47.9 Å². The van der Waals surface area contributed by atoms with Gasteiger partial charge in [0.2, 0.25) is 0 Å². The molecule has 3 heteroatoms. The number of nitrogens with zero attached hydrogens (tertiary/aromatic N) is 2. The molecule has 2 rings (SSSR count). The van der Waals surface area contributed by atoms with E-state index in [-0.39, 0.29) is 6.61 Å². The van der Waals surface area contributed by atoms with E-state index in [0.717, 1.165) is 32.7 Å². The Morgan fingerprint density at radius 3 is 2.50 bits per heavy atom. The summed E-state index contributed by atoms with van der Waals surface area (Å²) >= 11 is 0. The normalized spacial score (nSPS) is 17.4. The third kappa shape index (κ3) is 3.24. The molecule has 1 saturated heterocycles. The Kier molecular flexibility index (Phi) is 4.61. The highest BCUT2D eigenvalue weighted by molar-refractivity contribution is 5.49. The molecule has 3 nitrogen and oxygen atoms in total. The van der Waals surface area contributed by atoms with Crippen molar-refractivity contribution < 1.29 is 5.11 Å². The van der Waals surface area contributed by atoms with Crippen molar-refractivity contribution in [3.63, 3.8) is 0 Å². The molecular formula is C15H24N2O. The molecule has 100 valence electrons. The van der Waals surface area contributed by atoms with Crippen LogP contribution in [0.2, 0.25) is 0 Å². The van der Waals surface area contributed by atoms with Gasteiger partial charge in [0.25, 0.3) is 0 Å². The van der Waals surface area contributed by atoms with Gasteiger partial charge in [-0.1, -0.05) is 26.0 Å². The molecule has 0 radical (unpaired) electrons. The Balaban J connectivity index is 1.98. The lowest BCUT2D eigenvalue weighted by atomic mass is 10.0. The molecule has 1 aliphatic rings. The first kappa shape index (κ1) is 13.4. The van der Waals surface area contributed by atoms with Crippen LogP contribution in [-0.2, 0) is 0 Å². The second-order valence-corrected chi connectivity index (χ2v) is 5.30. The summed E-state index contributed by atoms with van der Waals surface area (Å²) in [4.78, 5) is 4.77. The Morgan fingerprint density at radius 1 is 1.17 bits per heavy atom. The third-order valence-electron chi connectivity index (χ3n) is 3.69. The molecule has 18 heavy (non-hydrogen) atoms. The van der Waals surface area contributed by atoms with Gasteiger partial charge in [-0.25, -0.2) is 0 Å². The van der Waals surface area contributed by atoms with Gasteiger partial charge in [0.1, 0.15) is 0 Å². The van der Waals surface area contributed by atoms with Crippen LogP contribution in [0, 0.1) is 0 Å². The molecule has 0 atom stereocenters. The summed E-state index contributed by atoms with van der Waals surface area (Å²) in [6.45, 7) is 9.75. The maximum atomic E-state index is 8.94. The van der Waals surface area contributed by atoms with Crippen molar-refractivity contribution in [3.8, 4) is 0 Å². The zero-order chi connectivity index (χ0) is 13.0. The minimum atomic E-state index is 0.267. The first-order chi connectivity index (χ1) is 8.70. The van der Waals surface area contributed by atoms with Gasteiger partial charge >= 0.3 is 0 Å². The van der Waals surface area contributed by atoms with Gasteiger partial charge in [0.05, 0.1) is 6.61 Å². The number of piperazine rings is 1. The molecular weight excluding hydrogens is 224 g/mol. The topological polar surface area (TPSA) is 26.7 Å². The summed E-state index contributed by atoms with van der Waals surface area (Å²) in [7, 11) is 0. The van der Waals surface area contributed by atoms with E-state index >= 15 is 0 Å². The Labute approximate surface area is 110 Å². The molecule has 1 heterocycles. The summed E-state index contributed by atoms with van der Waals surface area (Å²) < 4.78 is 0. The Morgan fingerprint density at radius 2 is 1.89 bits per heavy atom. The van der Waals surface area contributed by atoms with E-state index < -0.39 is 0 Å². The summed E-state index contributed by atoms with van der Waals surface area (Å²) in [6.07, 6.45) is 0. The van der Waals surface area contributed by atoms with Crippen molar-refractivity contribution in [2.24, 2.45) is 0 Å². The second-order valence-electron chi connectivity index (χ2n) is 5.30. The zero-order valence-corrected chi connectivity index (χ0v) is 11.5. The average molecular weight is 248 g/mol. The molecule has 1 aromatic carbocycles. The van der Waals surface area contributed by atoms with E-state index in [1.54, 1.807) is 0 Å². The van der Waals surface area contributed by atoms with Crippen molar-refractivity contribution in [1.29, 1.82) is 0 Å². The van der Waals surface area contributed by atoms with Crippen LogP contribution in [0.3, 0.4) is 0 Å². The fraction of sp³-hybridized carbons (Fsp3) is 0.600. The number of rotatable bonds is 4. The van der Waals surface area contributed by atoms with Gasteiger partial charge in [0.15, 0.2) is 0 Å². The zero-order valence-electron chi connectivity index (χ0n) is 11.5. The highest BCUT2D eigenvalue weighted by atomic mass is 16.3. The van der Waals surface area contributed by atoms with Gasteiger partial charge in [0, 0.05) is 38.4 Å². The van der Waals surface area contributed by atoms with Crippen molar-refractivity contribution in [2.45, 2.75) is 19.8 Å². The molecule has 0 unspecified atom stereocenters. The minimum Gasteiger partial charge on any atom is -0.395 e. The van der Waals surface area contributed by atoms with Crippen molar-refractivity contribution in [3.05, 3.63) is 29.8 Å². The average Bonchev–Trinajstić information content (AvgIpc) is 2.40. The Hall–Kier alpha value is -1.06. The van der Waals surface area contributed by atoms with Crippen LogP contribution in [0.4, 0.5) is 5.69 Å². The van der Waals surface area contributed by atoms with Crippen molar-refractivity contribution in [1.82, 2.24) is 4.90 Å². The summed E-state index contributed by atoms with van der Waals surface area (Å²) in [6, 6.07) is 8.88. The summed E-state index contributed by atoms with van der Waals surface area (Å²) in [5.74, 6) is 0.584. The smallest absolute Gasteiger partial charge is 0.0558 e. The number of hydrogen-bond acceptors (Lipinski definition) is 3. The highest BCUT2D eigenvalue weighted by Gasteiger charge is 2.16. The third-order valence-corrected chi connectivity index (χ3v) is 3.69. The molecule has 0 spiro atoms. The van der Waals surface area contributed by atoms with E-state index in [4.69, 9.17) is 5.11 Å². The summed E-state index contributed by atoms with van der Waals surface area (Å²) in [5, 5.41) is 8.94. The number of anilines is 1. The number of benzene rings is 1. The molecule has 1 fully saturated rings. The number of β-amino-alcohol motifs (C(OH)–C–C–N with tert-alkyl or cyclic N) is 1. The maximum absolute atomic E-state index is 8.94. The molecule has 0 aromatic heterocycles.